The van der Waals surface area contributed by atoms with Gasteiger partial charge in [0, 0.05) is 17.2 Å². The molecule has 3 rings (SSSR count). The lowest BCUT2D eigenvalue weighted by Crippen LogP contribution is -2.31. The van der Waals surface area contributed by atoms with Gasteiger partial charge in [-0.15, -0.1) is 11.3 Å². The minimum atomic E-state index is 0.165. The lowest BCUT2D eigenvalue weighted by molar-refractivity contribution is 0.199. The van der Waals surface area contributed by atoms with Gasteiger partial charge in [-0.1, -0.05) is 0 Å². The molecule has 1 unspecified atom stereocenters. The Hall–Kier alpha value is -1.42. The van der Waals surface area contributed by atoms with Gasteiger partial charge in [0.15, 0.2) is 5.75 Å². The van der Waals surface area contributed by atoms with E-state index in [4.69, 9.17) is 9.15 Å². The number of ether oxygens (including phenoxy) is 1. The summed E-state index contributed by atoms with van der Waals surface area (Å²) in [5, 5.41) is 7.44. The molecule has 1 N–H and O–H groups in total. The Kier molecular flexibility index (Phi) is 2.14. The van der Waals surface area contributed by atoms with Crippen molar-refractivity contribution in [2.24, 2.45) is 0 Å². The molecular weight excluding hydrogens is 210 g/mol. The van der Waals surface area contributed by atoms with Crippen LogP contribution in [0.1, 0.15) is 5.76 Å². The topological polar surface area (TPSA) is 34.4 Å². The van der Waals surface area contributed by atoms with E-state index >= 15 is 0 Å². The van der Waals surface area contributed by atoms with Crippen molar-refractivity contribution in [2.75, 3.05) is 11.9 Å². The van der Waals surface area contributed by atoms with Crippen LogP contribution in [-0.2, 0) is 6.42 Å². The maximum absolute atomic E-state index is 5.83. The van der Waals surface area contributed by atoms with Gasteiger partial charge < -0.3 is 14.5 Å². The van der Waals surface area contributed by atoms with Crippen LogP contribution in [0.5, 0.6) is 5.75 Å². The lowest BCUT2D eigenvalue weighted by atomic mass is 10.2. The van der Waals surface area contributed by atoms with Crippen LogP contribution in [0.25, 0.3) is 0 Å². The van der Waals surface area contributed by atoms with E-state index in [1.54, 1.807) is 17.6 Å². The van der Waals surface area contributed by atoms with Crippen LogP contribution in [0, 0.1) is 0 Å². The number of anilines is 1. The molecule has 0 radical (unpaired) electrons. The molecule has 0 spiro atoms. The predicted molar refractivity (Wildman–Crippen MR) is 59.6 cm³/mol. The molecule has 2 aromatic rings. The van der Waals surface area contributed by atoms with Crippen molar-refractivity contribution in [1.29, 1.82) is 0 Å². The third kappa shape index (κ3) is 1.72. The Morgan fingerprint density at radius 1 is 1.47 bits per heavy atom. The van der Waals surface area contributed by atoms with Crippen LogP contribution < -0.4 is 10.1 Å². The summed E-state index contributed by atoms with van der Waals surface area (Å²) in [7, 11) is 0. The van der Waals surface area contributed by atoms with Crippen LogP contribution in [0.4, 0.5) is 5.69 Å². The van der Waals surface area contributed by atoms with Crippen molar-refractivity contribution in [3.8, 4) is 5.75 Å². The van der Waals surface area contributed by atoms with E-state index < -0.39 is 0 Å². The summed E-state index contributed by atoms with van der Waals surface area (Å²) >= 11 is 1.65. The van der Waals surface area contributed by atoms with E-state index in [0.717, 1.165) is 30.2 Å². The second-order valence-corrected chi connectivity index (χ2v) is 4.30. The first kappa shape index (κ1) is 8.85. The van der Waals surface area contributed by atoms with Gasteiger partial charge in [-0.05, 0) is 12.1 Å². The zero-order valence-corrected chi connectivity index (χ0v) is 8.92. The summed E-state index contributed by atoms with van der Waals surface area (Å²) in [5.41, 5.74) is 1.11. The van der Waals surface area contributed by atoms with Gasteiger partial charge in [-0.2, -0.15) is 0 Å². The molecule has 3 nitrogen and oxygen atoms in total. The van der Waals surface area contributed by atoms with Gasteiger partial charge in [0.05, 0.1) is 18.5 Å². The fraction of sp³-hybridized carbons (Fsp3) is 0.273. The maximum Gasteiger partial charge on any atom is 0.153 e. The molecule has 1 atom stereocenters. The molecule has 0 fully saturated rings. The SMILES string of the molecule is c1coc(CC2CNc3cscc3O2)c1. The van der Waals surface area contributed by atoms with Crippen molar-refractivity contribution >= 4 is 17.0 Å². The molecule has 0 saturated carbocycles. The first-order valence-electron chi connectivity index (χ1n) is 4.91. The molecule has 0 bridgehead atoms. The highest BCUT2D eigenvalue weighted by Gasteiger charge is 2.20. The molecule has 0 saturated heterocycles. The van der Waals surface area contributed by atoms with Crippen LogP contribution in [0.15, 0.2) is 33.6 Å². The van der Waals surface area contributed by atoms with Gasteiger partial charge in [0.2, 0.25) is 0 Å². The third-order valence-electron chi connectivity index (χ3n) is 2.45. The van der Waals surface area contributed by atoms with Crippen molar-refractivity contribution in [1.82, 2.24) is 0 Å². The van der Waals surface area contributed by atoms with E-state index in [9.17, 15) is 0 Å². The molecule has 78 valence electrons. The highest BCUT2D eigenvalue weighted by atomic mass is 32.1. The van der Waals surface area contributed by atoms with Gasteiger partial charge in [0.25, 0.3) is 0 Å². The molecule has 3 heterocycles. The summed E-state index contributed by atoms with van der Waals surface area (Å²) in [5.74, 6) is 1.93. The molecule has 0 amide bonds. The molecular formula is C11H11NO2S. The molecule has 15 heavy (non-hydrogen) atoms. The maximum atomic E-state index is 5.83. The van der Waals surface area contributed by atoms with Gasteiger partial charge in [-0.25, -0.2) is 0 Å². The molecule has 4 heteroatoms. The van der Waals surface area contributed by atoms with Crippen molar-refractivity contribution in [3.63, 3.8) is 0 Å². The van der Waals surface area contributed by atoms with Gasteiger partial charge >= 0.3 is 0 Å². The van der Waals surface area contributed by atoms with Crippen molar-refractivity contribution < 1.29 is 9.15 Å². The number of fused-ring (bicyclic) bond motifs is 1. The van der Waals surface area contributed by atoms with E-state index in [1.807, 2.05) is 17.5 Å². The van der Waals surface area contributed by atoms with Gasteiger partial charge in [0.1, 0.15) is 11.9 Å². The fourth-order valence-corrected chi connectivity index (χ4v) is 2.43. The first-order valence-corrected chi connectivity index (χ1v) is 5.85. The van der Waals surface area contributed by atoms with Crippen molar-refractivity contribution in [3.05, 3.63) is 34.9 Å². The first-order chi connectivity index (χ1) is 7.42. The van der Waals surface area contributed by atoms with Crippen molar-refractivity contribution in [2.45, 2.75) is 12.5 Å². The summed E-state index contributed by atoms with van der Waals surface area (Å²) in [6.45, 7) is 0.838. The zero-order chi connectivity index (χ0) is 10.1. The highest BCUT2D eigenvalue weighted by Crippen LogP contribution is 2.33. The number of hydrogen-bond donors (Lipinski definition) is 1. The van der Waals surface area contributed by atoms with E-state index in [2.05, 4.69) is 10.7 Å². The minimum Gasteiger partial charge on any atom is -0.485 e. The largest absolute Gasteiger partial charge is 0.485 e. The lowest BCUT2D eigenvalue weighted by Gasteiger charge is -2.24. The second-order valence-electron chi connectivity index (χ2n) is 3.55. The van der Waals surface area contributed by atoms with E-state index in [0.29, 0.717) is 0 Å². The minimum absolute atomic E-state index is 0.165. The number of nitrogens with one attached hydrogen (secondary N) is 1. The predicted octanol–water partition coefficient (Wildman–Crippen LogP) is 2.76. The summed E-state index contributed by atoms with van der Waals surface area (Å²) in [6, 6.07) is 3.88. The number of thiophene rings is 1. The summed E-state index contributed by atoms with van der Waals surface area (Å²) in [4.78, 5) is 0. The van der Waals surface area contributed by atoms with E-state index in [-0.39, 0.29) is 6.10 Å². The second kappa shape index (κ2) is 3.62. The normalized spacial score (nSPS) is 19.1. The molecule has 0 aromatic carbocycles. The van der Waals surface area contributed by atoms with Crippen LogP contribution in [0.2, 0.25) is 0 Å². The molecule has 2 aromatic heterocycles. The molecule has 0 aliphatic carbocycles. The van der Waals surface area contributed by atoms with E-state index in [1.165, 1.54) is 0 Å². The van der Waals surface area contributed by atoms with Crippen LogP contribution in [0.3, 0.4) is 0 Å². The molecule has 1 aliphatic heterocycles. The standard InChI is InChI=1S/C11H11NO2S/c1-2-8(13-3-1)4-9-5-12-10-6-15-7-11(10)14-9/h1-3,6-7,9,12H,4-5H2. The van der Waals surface area contributed by atoms with Gasteiger partial charge in [-0.3, -0.25) is 0 Å². The average molecular weight is 221 g/mol. The number of hydrogen-bond acceptors (Lipinski definition) is 4. The highest BCUT2D eigenvalue weighted by molar-refractivity contribution is 7.08. The Labute approximate surface area is 91.7 Å². The van der Waals surface area contributed by atoms with Crippen LogP contribution in [-0.4, -0.2) is 12.6 Å². The summed E-state index contributed by atoms with van der Waals surface area (Å²) < 4.78 is 11.1. The Balaban J connectivity index is 1.71. The molecule has 1 aliphatic rings. The summed E-state index contributed by atoms with van der Waals surface area (Å²) in [6.07, 6.45) is 2.68. The Bertz CT molecular complexity index is 435. The fourth-order valence-electron chi connectivity index (χ4n) is 1.72. The average Bonchev–Trinajstić information content (AvgIpc) is 2.87. The Morgan fingerprint density at radius 3 is 3.33 bits per heavy atom. The monoisotopic (exact) mass is 221 g/mol. The number of furan rings is 1. The Morgan fingerprint density at radius 2 is 2.47 bits per heavy atom. The smallest absolute Gasteiger partial charge is 0.153 e. The number of rotatable bonds is 2. The zero-order valence-electron chi connectivity index (χ0n) is 8.10. The van der Waals surface area contributed by atoms with Crippen LogP contribution >= 0.6 is 11.3 Å². The third-order valence-corrected chi connectivity index (χ3v) is 3.17. The quantitative estimate of drug-likeness (QED) is 0.846.